The summed E-state index contributed by atoms with van der Waals surface area (Å²) in [7, 11) is 0. The zero-order valence-corrected chi connectivity index (χ0v) is 9.50. The summed E-state index contributed by atoms with van der Waals surface area (Å²) < 4.78 is 1.32. The maximum absolute atomic E-state index is 11.2. The van der Waals surface area contributed by atoms with Crippen molar-refractivity contribution in [3.05, 3.63) is 33.1 Å². The van der Waals surface area contributed by atoms with Gasteiger partial charge >= 0.3 is 5.69 Å². The number of carbonyl (C=O) groups is 1. The van der Waals surface area contributed by atoms with Crippen LogP contribution in [0.2, 0.25) is 0 Å². The van der Waals surface area contributed by atoms with Crippen molar-refractivity contribution < 1.29 is 4.79 Å². The van der Waals surface area contributed by atoms with Crippen LogP contribution in [0.15, 0.2) is 21.9 Å². The van der Waals surface area contributed by atoms with E-state index in [1.54, 1.807) is 0 Å². The summed E-state index contributed by atoms with van der Waals surface area (Å²) in [4.78, 5) is 35.2. The SMILES string of the molecule is O=C(CCS)NCCn1ccc(=O)[nH]c1=O. The molecule has 1 aromatic rings. The Labute approximate surface area is 97.1 Å². The maximum atomic E-state index is 11.2. The molecule has 1 amide bonds. The monoisotopic (exact) mass is 243 g/mol. The highest BCUT2D eigenvalue weighted by Crippen LogP contribution is 1.83. The molecule has 0 aliphatic carbocycles. The molecule has 0 saturated heterocycles. The molecular weight excluding hydrogens is 230 g/mol. The lowest BCUT2D eigenvalue weighted by atomic mass is 10.4. The van der Waals surface area contributed by atoms with Crippen molar-refractivity contribution in [2.45, 2.75) is 13.0 Å². The lowest BCUT2D eigenvalue weighted by Crippen LogP contribution is -2.33. The van der Waals surface area contributed by atoms with Gasteiger partial charge in [-0.2, -0.15) is 12.6 Å². The van der Waals surface area contributed by atoms with Crippen molar-refractivity contribution in [3.63, 3.8) is 0 Å². The molecule has 88 valence electrons. The van der Waals surface area contributed by atoms with Gasteiger partial charge in [-0.15, -0.1) is 0 Å². The molecule has 0 radical (unpaired) electrons. The number of carbonyl (C=O) groups excluding carboxylic acids is 1. The van der Waals surface area contributed by atoms with Crippen molar-refractivity contribution >= 4 is 18.5 Å². The number of hydrogen-bond donors (Lipinski definition) is 3. The molecule has 0 unspecified atom stereocenters. The Balaban J connectivity index is 2.46. The lowest BCUT2D eigenvalue weighted by Gasteiger charge is -2.05. The Kier molecular flexibility index (Phi) is 4.84. The smallest absolute Gasteiger partial charge is 0.328 e. The van der Waals surface area contributed by atoms with E-state index in [0.717, 1.165) is 0 Å². The van der Waals surface area contributed by atoms with Gasteiger partial charge in [0.05, 0.1) is 0 Å². The fraction of sp³-hybridized carbons (Fsp3) is 0.444. The number of hydrogen-bond acceptors (Lipinski definition) is 4. The molecule has 2 N–H and O–H groups in total. The van der Waals surface area contributed by atoms with Crippen LogP contribution in [0.4, 0.5) is 0 Å². The summed E-state index contributed by atoms with van der Waals surface area (Å²) in [5.74, 6) is 0.386. The summed E-state index contributed by atoms with van der Waals surface area (Å²) in [5.41, 5.74) is -0.906. The van der Waals surface area contributed by atoms with Gasteiger partial charge in [0.1, 0.15) is 0 Å². The Morgan fingerprint density at radius 3 is 2.88 bits per heavy atom. The number of H-pyrrole nitrogens is 1. The molecule has 6 nitrogen and oxygen atoms in total. The molecule has 0 fully saturated rings. The Bertz CT molecular complexity index is 466. The van der Waals surface area contributed by atoms with Gasteiger partial charge in [-0.25, -0.2) is 4.79 Å². The van der Waals surface area contributed by atoms with Gasteiger partial charge < -0.3 is 5.32 Å². The number of amides is 1. The second kappa shape index (κ2) is 6.16. The number of rotatable bonds is 5. The second-order valence-corrected chi connectivity index (χ2v) is 3.57. The average Bonchev–Trinajstić information content (AvgIpc) is 2.22. The van der Waals surface area contributed by atoms with Gasteiger partial charge in [0.2, 0.25) is 5.91 Å². The number of aromatic nitrogens is 2. The number of nitrogens with one attached hydrogen (secondary N) is 2. The van der Waals surface area contributed by atoms with Crippen molar-refractivity contribution in [2.75, 3.05) is 12.3 Å². The topological polar surface area (TPSA) is 84.0 Å². The third kappa shape index (κ3) is 3.93. The molecule has 0 aliphatic rings. The molecule has 0 bridgehead atoms. The fourth-order valence-corrected chi connectivity index (χ4v) is 1.33. The van der Waals surface area contributed by atoms with Gasteiger partial charge in [-0.05, 0) is 5.75 Å². The predicted molar refractivity (Wildman–Crippen MR) is 62.8 cm³/mol. The van der Waals surface area contributed by atoms with Gasteiger partial charge in [0, 0.05) is 31.8 Å². The third-order valence-corrected chi connectivity index (χ3v) is 2.13. The quantitative estimate of drug-likeness (QED) is 0.578. The highest BCUT2D eigenvalue weighted by atomic mass is 32.1. The number of thiol groups is 1. The minimum absolute atomic E-state index is 0.104. The Morgan fingerprint density at radius 1 is 1.50 bits per heavy atom. The largest absolute Gasteiger partial charge is 0.354 e. The van der Waals surface area contributed by atoms with Crippen LogP contribution in [0.3, 0.4) is 0 Å². The van der Waals surface area contributed by atoms with E-state index >= 15 is 0 Å². The van der Waals surface area contributed by atoms with Crippen LogP contribution in [-0.2, 0) is 11.3 Å². The first-order valence-corrected chi connectivity index (χ1v) is 5.44. The second-order valence-electron chi connectivity index (χ2n) is 3.13. The van der Waals surface area contributed by atoms with Crippen LogP contribution in [0.5, 0.6) is 0 Å². The molecule has 1 heterocycles. The average molecular weight is 243 g/mol. The molecule has 0 spiro atoms. The summed E-state index contributed by atoms with van der Waals surface area (Å²) in [6, 6.07) is 1.26. The van der Waals surface area contributed by atoms with E-state index in [2.05, 4.69) is 22.9 Å². The first kappa shape index (κ1) is 12.6. The molecular formula is C9H13N3O3S. The van der Waals surface area contributed by atoms with E-state index in [0.29, 0.717) is 25.3 Å². The van der Waals surface area contributed by atoms with Gasteiger partial charge in [0.15, 0.2) is 0 Å². The Hall–Kier alpha value is -1.50. The summed E-state index contributed by atoms with van der Waals surface area (Å²) in [5, 5.41) is 2.63. The third-order valence-electron chi connectivity index (χ3n) is 1.91. The molecule has 7 heteroatoms. The zero-order valence-electron chi connectivity index (χ0n) is 8.60. The van der Waals surface area contributed by atoms with Crippen LogP contribution in [-0.4, -0.2) is 27.8 Å². The zero-order chi connectivity index (χ0) is 12.0. The molecule has 0 saturated carbocycles. The Morgan fingerprint density at radius 2 is 2.25 bits per heavy atom. The summed E-state index contributed by atoms with van der Waals surface area (Å²) in [6.45, 7) is 0.673. The van der Waals surface area contributed by atoms with E-state index in [-0.39, 0.29) is 5.91 Å². The van der Waals surface area contributed by atoms with Gasteiger partial charge in [-0.1, -0.05) is 0 Å². The van der Waals surface area contributed by atoms with E-state index in [9.17, 15) is 14.4 Å². The fourth-order valence-electron chi connectivity index (χ4n) is 1.13. The molecule has 1 rings (SSSR count). The van der Waals surface area contributed by atoms with Crippen LogP contribution >= 0.6 is 12.6 Å². The van der Waals surface area contributed by atoms with E-state index < -0.39 is 11.2 Å². The van der Waals surface area contributed by atoms with Crippen molar-refractivity contribution in [1.29, 1.82) is 0 Å². The van der Waals surface area contributed by atoms with Crippen molar-refractivity contribution in [1.82, 2.24) is 14.9 Å². The highest BCUT2D eigenvalue weighted by molar-refractivity contribution is 7.80. The highest BCUT2D eigenvalue weighted by Gasteiger charge is 1.99. The van der Waals surface area contributed by atoms with Crippen LogP contribution in [0.1, 0.15) is 6.42 Å². The van der Waals surface area contributed by atoms with E-state index in [4.69, 9.17) is 0 Å². The molecule has 0 aliphatic heterocycles. The summed E-state index contributed by atoms with van der Waals surface area (Å²) in [6.07, 6.45) is 1.75. The number of aromatic amines is 1. The first-order chi connectivity index (χ1) is 7.63. The van der Waals surface area contributed by atoms with E-state index in [1.165, 1.54) is 16.8 Å². The minimum Gasteiger partial charge on any atom is -0.354 e. The van der Waals surface area contributed by atoms with Crippen molar-refractivity contribution in [3.8, 4) is 0 Å². The van der Waals surface area contributed by atoms with Crippen LogP contribution in [0.25, 0.3) is 0 Å². The van der Waals surface area contributed by atoms with E-state index in [1.807, 2.05) is 0 Å². The van der Waals surface area contributed by atoms with Crippen molar-refractivity contribution in [2.24, 2.45) is 0 Å². The van der Waals surface area contributed by atoms with Gasteiger partial charge in [-0.3, -0.25) is 19.1 Å². The lowest BCUT2D eigenvalue weighted by molar-refractivity contribution is -0.120. The standard InChI is InChI=1S/C9H13N3O3S/c13-7(2-6-16)10-3-5-12-4-1-8(14)11-9(12)15/h1,4,16H,2-3,5-6H2,(H,10,13)(H,11,14,15). The molecule has 16 heavy (non-hydrogen) atoms. The summed E-state index contributed by atoms with van der Waals surface area (Å²) >= 11 is 3.92. The molecule has 1 aromatic heterocycles. The van der Waals surface area contributed by atoms with Crippen LogP contribution < -0.4 is 16.6 Å². The minimum atomic E-state index is -0.476. The normalized spacial score (nSPS) is 10.1. The molecule has 0 atom stereocenters. The molecule has 0 aromatic carbocycles. The van der Waals surface area contributed by atoms with Gasteiger partial charge in [0.25, 0.3) is 5.56 Å². The maximum Gasteiger partial charge on any atom is 0.328 e. The number of nitrogens with zero attached hydrogens (tertiary/aromatic N) is 1. The first-order valence-electron chi connectivity index (χ1n) is 4.81. The predicted octanol–water partition coefficient (Wildman–Crippen LogP) is -1.03. The van der Waals surface area contributed by atoms with Crippen LogP contribution in [0, 0.1) is 0 Å².